The summed E-state index contributed by atoms with van der Waals surface area (Å²) in [5.41, 5.74) is -0.362. The fourth-order valence-electron chi connectivity index (χ4n) is 1.94. The first kappa shape index (κ1) is 18.4. The second-order valence-electron chi connectivity index (χ2n) is 4.64. The molecule has 25 heavy (non-hydrogen) atoms. The Bertz CT molecular complexity index is 765. The molecule has 134 valence electrons. The topological polar surface area (TPSA) is 55.8 Å². The van der Waals surface area contributed by atoms with Crippen LogP contribution in [0.25, 0.3) is 11.1 Å². The van der Waals surface area contributed by atoms with Crippen molar-refractivity contribution in [2.75, 3.05) is 0 Å². The first-order valence-electron chi connectivity index (χ1n) is 6.44. The monoisotopic (exact) mass is 366 g/mol. The maximum Gasteiger partial charge on any atom is 0.573 e. The van der Waals surface area contributed by atoms with Gasteiger partial charge in [-0.25, -0.2) is 4.79 Å². The van der Waals surface area contributed by atoms with Crippen molar-refractivity contribution < 1.29 is 45.7 Å². The summed E-state index contributed by atoms with van der Waals surface area (Å²) in [6.45, 7) is 0. The number of hydrogen-bond acceptors (Lipinski definition) is 3. The predicted octanol–water partition coefficient (Wildman–Crippen LogP) is 4.85. The first-order valence-corrected chi connectivity index (χ1v) is 6.44. The molecule has 2 aromatic rings. The summed E-state index contributed by atoms with van der Waals surface area (Å²) in [5.74, 6) is -3.07. The number of carboxylic acid groups (broad SMARTS) is 1. The van der Waals surface area contributed by atoms with Crippen LogP contribution < -0.4 is 9.47 Å². The zero-order valence-corrected chi connectivity index (χ0v) is 12.0. The molecule has 0 saturated heterocycles. The van der Waals surface area contributed by atoms with Gasteiger partial charge in [0.25, 0.3) is 0 Å². The predicted molar refractivity (Wildman–Crippen MR) is 72.2 cm³/mol. The van der Waals surface area contributed by atoms with Crippen molar-refractivity contribution in [2.24, 2.45) is 0 Å². The number of halogens is 6. The lowest BCUT2D eigenvalue weighted by atomic mass is 10.0. The van der Waals surface area contributed by atoms with Crippen molar-refractivity contribution in [3.05, 3.63) is 48.0 Å². The molecule has 0 fully saturated rings. The minimum Gasteiger partial charge on any atom is -0.478 e. The molecule has 0 amide bonds. The molecular formula is C15H8F6O4. The summed E-state index contributed by atoms with van der Waals surface area (Å²) in [6.07, 6.45) is -9.98. The number of carboxylic acids is 1. The highest BCUT2D eigenvalue weighted by molar-refractivity contribution is 5.92. The molecule has 0 aliphatic heterocycles. The van der Waals surface area contributed by atoms with E-state index in [0.717, 1.165) is 24.3 Å². The van der Waals surface area contributed by atoms with Gasteiger partial charge < -0.3 is 14.6 Å². The Labute approximate surface area is 136 Å². The zero-order chi connectivity index (χ0) is 18.8. The Kier molecular flexibility index (Phi) is 4.82. The first-order chi connectivity index (χ1) is 11.4. The lowest BCUT2D eigenvalue weighted by Crippen LogP contribution is -2.19. The average molecular weight is 366 g/mol. The molecule has 0 aromatic heterocycles. The molecule has 0 aliphatic carbocycles. The van der Waals surface area contributed by atoms with Crippen LogP contribution in [0.15, 0.2) is 42.5 Å². The Hall–Kier alpha value is -2.91. The smallest absolute Gasteiger partial charge is 0.478 e. The normalized spacial score (nSPS) is 11.9. The standard InChI is InChI=1S/C15H8F6O4/c16-14(17,18)24-10-4-1-8(2-5-10)9-3-6-11(13(22)23)12(7-9)25-15(19,20)21/h1-7H,(H,22,23). The van der Waals surface area contributed by atoms with Gasteiger partial charge in [0.1, 0.15) is 17.1 Å². The average Bonchev–Trinajstić information content (AvgIpc) is 2.44. The van der Waals surface area contributed by atoms with E-state index in [-0.39, 0.29) is 11.1 Å². The van der Waals surface area contributed by atoms with Crippen LogP contribution in [0.4, 0.5) is 26.3 Å². The minimum absolute atomic E-state index is 0.114. The fourth-order valence-corrected chi connectivity index (χ4v) is 1.94. The van der Waals surface area contributed by atoms with Gasteiger partial charge in [0.15, 0.2) is 0 Å². The van der Waals surface area contributed by atoms with Gasteiger partial charge >= 0.3 is 18.7 Å². The van der Waals surface area contributed by atoms with Crippen molar-refractivity contribution in [3.63, 3.8) is 0 Å². The van der Waals surface area contributed by atoms with Gasteiger partial charge in [0.05, 0.1) is 0 Å². The van der Waals surface area contributed by atoms with Crippen LogP contribution in [0.5, 0.6) is 11.5 Å². The molecule has 0 bridgehead atoms. The molecule has 0 saturated carbocycles. The Balaban J connectivity index is 2.36. The highest BCUT2D eigenvalue weighted by atomic mass is 19.4. The number of carbonyl (C=O) groups is 1. The Morgan fingerprint density at radius 2 is 1.32 bits per heavy atom. The molecule has 4 nitrogen and oxygen atoms in total. The fraction of sp³-hybridized carbons (Fsp3) is 0.133. The van der Waals surface area contributed by atoms with E-state index in [2.05, 4.69) is 9.47 Å². The highest BCUT2D eigenvalue weighted by Gasteiger charge is 2.33. The van der Waals surface area contributed by atoms with Crippen molar-refractivity contribution in [1.82, 2.24) is 0 Å². The summed E-state index contributed by atoms with van der Waals surface area (Å²) in [7, 11) is 0. The zero-order valence-electron chi connectivity index (χ0n) is 12.0. The second-order valence-corrected chi connectivity index (χ2v) is 4.64. The van der Waals surface area contributed by atoms with Gasteiger partial charge in [-0.1, -0.05) is 18.2 Å². The molecule has 1 N–H and O–H groups in total. The van der Waals surface area contributed by atoms with Crippen molar-refractivity contribution in [1.29, 1.82) is 0 Å². The number of benzene rings is 2. The van der Waals surface area contributed by atoms with Gasteiger partial charge in [0, 0.05) is 0 Å². The number of aromatic carboxylic acids is 1. The summed E-state index contributed by atoms with van der Waals surface area (Å²) in [6, 6.07) is 7.22. The van der Waals surface area contributed by atoms with Crippen LogP contribution in [0, 0.1) is 0 Å². The molecule has 0 aliphatic rings. The molecule has 2 aromatic carbocycles. The van der Waals surface area contributed by atoms with E-state index < -0.39 is 35.8 Å². The van der Waals surface area contributed by atoms with Crippen LogP contribution in [-0.4, -0.2) is 23.8 Å². The third-order valence-corrected chi connectivity index (χ3v) is 2.86. The van der Waals surface area contributed by atoms with Gasteiger partial charge in [0.2, 0.25) is 0 Å². The van der Waals surface area contributed by atoms with Gasteiger partial charge in [-0.05, 0) is 35.4 Å². The number of hydrogen-bond donors (Lipinski definition) is 1. The third kappa shape index (κ3) is 5.30. The van der Waals surface area contributed by atoms with Gasteiger partial charge in [-0.3, -0.25) is 0 Å². The SMILES string of the molecule is O=C(O)c1ccc(-c2ccc(OC(F)(F)F)cc2)cc1OC(F)(F)F. The van der Waals surface area contributed by atoms with Crippen LogP contribution in [0.1, 0.15) is 10.4 Å². The highest BCUT2D eigenvalue weighted by Crippen LogP contribution is 2.32. The largest absolute Gasteiger partial charge is 0.573 e. The van der Waals surface area contributed by atoms with E-state index in [1.807, 2.05) is 0 Å². The molecule has 2 rings (SSSR count). The van der Waals surface area contributed by atoms with Crippen LogP contribution in [0.3, 0.4) is 0 Å². The van der Waals surface area contributed by atoms with Crippen molar-refractivity contribution in [2.45, 2.75) is 12.7 Å². The van der Waals surface area contributed by atoms with Crippen LogP contribution in [-0.2, 0) is 0 Å². The molecule has 0 radical (unpaired) electrons. The third-order valence-electron chi connectivity index (χ3n) is 2.86. The summed E-state index contributed by atoms with van der Waals surface area (Å²) in [4.78, 5) is 11.0. The van der Waals surface area contributed by atoms with E-state index >= 15 is 0 Å². The van der Waals surface area contributed by atoms with Gasteiger partial charge in [-0.2, -0.15) is 0 Å². The van der Waals surface area contributed by atoms with E-state index in [4.69, 9.17) is 5.11 Å². The number of rotatable bonds is 4. The number of ether oxygens (including phenoxy) is 2. The van der Waals surface area contributed by atoms with E-state index in [0.29, 0.717) is 0 Å². The van der Waals surface area contributed by atoms with E-state index in [1.165, 1.54) is 18.2 Å². The molecule has 0 spiro atoms. The van der Waals surface area contributed by atoms with Gasteiger partial charge in [-0.15, -0.1) is 26.3 Å². The molecule has 10 heteroatoms. The summed E-state index contributed by atoms with van der Waals surface area (Å²) < 4.78 is 80.8. The summed E-state index contributed by atoms with van der Waals surface area (Å²) in [5, 5.41) is 8.90. The number of alkyl halides is 6. The van der Waals surface area contributed by atoms with E-state index in [1.54, 1.807) is 0 Å². The quantitative estimate of drug-likeness (QED) is 0.786. The lowest BCUT2D eigenvalue weighted by Gasteiger charge is -2.13. The molecule has 0 heterocycles. The second kappa shape index (κ2) is 6.54. The van der Waals surface area contributed by atoms with E-state index in [9.17, 15) is 31.1 Å². The van der Waals surface area contributed by atoms with Crippen molar-refractivity contribution >= 4 is 5.97 Å². The Morgan fingerprint density at radius 3 is 1.80 bits per heavy atom. The van der Waals surface area contributed by atoms with Crippen LogP contribution in [0.2, 0.25) is 0 Å². The summed E-state index contributed by atoms with van der Waals surface area (Å²) >= 11 is 0. The molecule has 0 unspecified atom stereocenters. The Morgan fingerprint density at radius 1 is 0.800 bits per heavy atom. The van der Waals surface area contributed by atoms with Crippen molar-refractivity contribution in [3.8, 4) is 22.6 Å². The maximum absolute atomic E-state index is 12.4. The molecule has 0 atom stereocenters. The molecular weight excluding hydrogens is 358 g/mol. The lowest BCUT2D eigenvalue weighted by molar-refractivity contribution is -0.275. The minimum atomic E-state index is -5.10. The maximum atomic E-state index is 12.4. The van der Waals surface area contributed by atoms with Crippen LogP contribution >= 0.6 is 0 Å².